The smallest absolute Gasteiger partial charge is 0.338 e. The lowest BCUT2D eigenvalue weighted by atomic mass is 9.91. The number of hydrogen-bond acceptors (Lipinski definition) is 6. The second-order valence-electron chi connectivity index (χ2n) is 6.89. The lowest BCUT2D eigenvalue weighted by Crippen LogP contribution is -2.48. The molecule has 1 aliphatic rings. The van der Waals surface area contributed by atoms with Crippen LogP contribution in [0.5, 0.6) is 0 Å². The monoisotopic (exact) mass is 428 g/mol. The molecule has 0 radical (unpaired) electrons. The second-order valence-corrected chi connectivity index (χ2v) is 7.28. The van der Waals surface area contributed by atoms with E-state index in [1.54, 1.807) is 37.3 Å². The maximum absolute atomic E-state index is 13.3. The molecule has 30 heavy (non-hydrogen) atoms. The third kappa shape index (κ3) is 4.20. The van der Waals surface area contributed by atoms with Gasteiger partial charge in [-0.25, -0.2) is 4.79 Å². The molecule has 8 nitrogen and oxygen atoms in total. The SMILES string of the molecule is CCCN1C(=S)NC(c2ccccc2C(=O)OC)C(C(=O)Nc2cc(C)on2)=C1C. The maximum Gasteiger partial charge on any atom is 0.338 e. The van der Waals surface area contributed by atoms with Crippen molar-refractivity contribution in [2.24, 2.45) is 0 Å². The highest BCUT2D eigenvalue weighted by Gasteiger charge is 2.35. The molecule has 158 valence electrons. The van der Waals surface area contributed by atoms with Gasteiger partial charge >= 0.3 is 5.97 Å². The van der Waals surface area contributed by atoms with Crippen LogP contribution in [0.15, 0.2) is 46.1 Å². The van der Waals surface area contributed by atoms with E-state index in [1.807, 2.05) is 18.7 Å². The number of methoxy groups -OCH3 is 1. The molecule has 9 heteroatoms. The first-order chi connectivity index (χ1) is 14.4. The number of ether oxygens (including phenoxy) is 1. The van der Waals surface area contributed by atoms with Gasteiger partial charge in [-0.1, -0.05) is 30.3 Å². The minimum absolute atomic E-state index is 0.313. The lowest BCUT2D eigenvalue weighted by molar-refractivity contribution is -0.113. The number of aryl methyl sites for hydroxylation is 1. The van der Waals surface area contributed by atoms with Crippen LogP contribution >= 0.6 is 12.2 Å². The number of carbonyl (C=O) groups is 2. The van der Waals surface area contributed by atoms with Crippen molar-refractivity contribution in [2.45, 2.75) is 33.2 Å². The number of anilines is 1. The minimum Gasteiger partial charge on any atom is -0.465 e. The number of rotatable bonds is 6. The van der Waals surface area contributed by atoms with Crippen molar-refractivity contribution in [3.05, 3.63) is 58.5 Å². The Kier molecular flexibility index (Phi) is 6.51. The van der Waals surface area contributed by atoms with Gasteiger partial charge in [0.2, 0.25) is 0 Å². The second kappa shape index (κ2) is 9.08. The molecule has 0 fully saturated rings. The fourth-order valence-corrected chi connectivity index (χ4v) is 3.80. The van der Waals surface area contributed by atoms with Crippen molar-refractivity contribution in [3.8, 4) is 0 Å². The van der Waals surface area contributed by atoms with Crippen LogP contribution in [0.2, 0.25) is 0 Å². The number of carbonyl (C=O) groups excluding carboxylic acids is 2. The van der Waals surface area contributed by atoms with Crippen LogP contribution in [0.4, 0.5) is 5.82 Å². The summed E-state index contributed by atoms with van der Waals surface area (Å²) in [6, 6.07) is 7.99. The van der Waals surface area contributed by atoms with Gasteiger partial charge < -0.3 is 24.8 Å². The molecule has 0 spiro atoms. The minimum atomic E-state index is -0.631. The van der Waals surface area contributed by atoms with Gasteiger partial charge in [0.05, 0.1) is 24.3 Å². The Morgan fingerprint density at radius 2 is 2.07 bits per heavy atom. The van der Waals surface area contributed by atoms with E-state index in [2.05, 4.69) is 15.8 Å². The highest BCUT2D eigenvalue weighted by atomic mass is 32.1. The normalized spacial score (nSPS) is 16.3. The molecule has 1 amide bonds. The molecule has 3 rings (SSSR count). The van der Waals surface area contributed by atoms with Gasteiger partial charge in [0, 0.05) is 18.3 Å². The third-order valence-corrected chi connectivity index (χ3v) is 5.17. The van der Waals surface area contributed by atoms with Gasteiger partial charge in [-0.2, -0.15) is 0 Å². The number of nitrogens with one attached hydrogen (secondary N) is 2. The summed E-state index contributed by atoms with van der Waals surface area (Å²) in [5.41, 5.74) is 2.11. The van der Waals surface area contributed by atoms with E-state index in [0.29, 0.717) is 45.6 Å². The van der Waals surface area contributed by atoms with Crippen molar-refractivity contribution in [1.29, 1.82) is 0 Å². The summed E-state index contributed by atoms with van der Waals surface area (Å²) in [6.45, 7) is 6.28. The van der Waals surface area contributed by atoms with E-state index >= 15 is 0 Å². The Labute approximate surface area is 180 Å². The first-order valence-corrected chi connectivity index (χ1v) is 9.98. The summed E-state index contributed by atoms with van der Waals surface area (Å²) in [7, 11) is 1.32. The molecule has 2 N–H and O–H groups in total. The van der Waals surface area contributed by atoms with Crippen LogP contribution in [-0.2, 0) is 9.53 Å². The van der Waals surface area contributed by atoms with Gasteiger partial charge in [-0.05, 0) is 44.1 Å². The lowest BCUT2D eigenvalue weighted by Gasteiger charge is -2.38. The fourth-order valence-electron chi connectivity index (χ4n) is 3.46. The van der Waals surface area contributed by atoms with Gasteiger partial charge in [-0.3, -0.25) is 4.79 Å². The molecule has 0 bridgehead atoms. The van der Waals surface area contributed by atoms with Crippen molar-refractivity contribution in [2.75, 3.05) is 19.0 Å². The molecule has 0 saturated heterocycles. The van der Waals surface area contributed by atoms with Crippen LogP contribution in [0.1, 0.15) is 48.0 Å². The number of hydrogen-bond donors (Lipinski definition) is 2. The zero-order valence-electron chi connectivity index (χ0n) is 17.3. The van der Waals surface area contributed by atoms with Crippen molar-refractivity contribution >= 4 is 35.0 Å². The maximum atomic E-state index is 13.3. The number of nitrogens with zero attached hydrogens (tertiary/aromatic N) is 2. The van der Waals surface area contributed by atoms with Gasteiger partial charge in [0.15, 0.2) is 10.9 Å². The molecular formula is C21H24N4O4S. The summed E-state index contributed by atoms with van der Waals surface area (Å²) in [5.74, 6) is 0.0487. The number of benzene rings is 1. The van der Waals surface area contributed by atoms with Gasteiger partial charge in [0.25, 0.3) is 5.91 Å². The molecule has 1 atom stereocenters. The predicted octanol–water partition coefficient (Wildman–Crippen LogP) is 3.32. The average Bonchev–Trinajstić information content (AvgIpc) is 3.14. The summed E-state index contributed by atoms with van der Waals surface area (Å²) in [6.07, 6.45) is 0.847. The Morgan fingerprint density at radius 1 is 1.33 bits per heavy atom. The van der Waals surface area contributed by atoms with Crippen LogP contribution in [-0.4, -0.2) is 40.7 Å². The van der Waals surface area contributed by atoms with E-state index in [4.69, 9.17) is 21.5 Å². The van der Waals surface area contributed by atoms with E-state index in [0.717, 1.165) is 6.42 Å². The molecule has 1 aromatic carbocycles. The molecule has 2 aromatic rings. The molecule has 2 heterocycles. The number of allylic oxidation sites excluding steroid dienone is 1. The number of thiocarbonyl (C=S) groups is 1. The molecule has 1 aromatic heterocycles. The van der Waals surface area contributed by atoms with Crippen LogP contribution in [0.3, 0.4) is 0 Å². The van der Waals surface area contributed by atoms with Crippen molar-refractivity contribution < 1.29 is 18.8 Å². The zero-order valence-corrected chi connectivity index (χ0v) is 18.1. The van der Waals surface area contributed by atoms with Gasteiger partial charge in [0.1, 0.15) is 5.76 Å². The van der Waals surface area contributed by atoms with Gasteiger partial charge in [-0.15, -0.1) is 0 Å². The topological polar surface area (TPSA) is 96.7 Å². The Hall–Kier alpha value is -3.20. The Morgan fingerprint density at radius 3 is 2.70 bits per heavy atom. The van der Waals surface area contributed by atoms with Crippen LogP contribution in [0, 0.1) is 6.92 Å². The third-order valence-electron chi connectivity index (χ3n) is 4.83. The fraction of sp³-hybridized carbons (Fsp3) is 0.333. The summed E-state index contributed by atoms with van der Waals surface area (Å²) < 4.78 is 9.97. The summed E-state index contributed by atoms with van der Waals surface area (Å²) >= 11 is 5.56. The highest BCUT2D eigenvalue weighted by molar-refractivity contribution is 7.80. The highest BCUT2D eigenvalue weighted by Crippen LogP contribution is 2.33. The van der Waals surface area contributed by atoms with E-state index < -0.39 is 12.0 Å². The van der Waals surface area contributed by atoms with E-state index in [9.17, 15) is 9.59 Å². The number of amides is 1. The summed E-state index contributed by atoms with van der Waals surface area (Å²) in [5, 5.41) is 10.3. The molecule has 1 aliphatic heterocycles. The first-order valence-electron chi connectivity index (χ1n) is 9.58. The number of esters is 1. The molecule has 0 saturated carbocycles. The standard InChI is InChI=1S/C21H24N4O4S/c1-5-10-25-13(3)17(19(26)22-16-11-12(2)29-24-16)18(23-21(25)30)14-8-6-7-9-15(14)20(27)28-4/h6-9,11,18H,5,10H2,1-4H3,(H,23,30)(H,22,24,26). The van der Waals surface area contributed by atoms with Crippen molar-refractivity contribution in [1.82, 2.24) is 15.4 Å². The summed E-state index contributed by atoms with van der Waals surface area (Å²) in [4.78, 5) is 27.5. The molecular weight excluding hydrogens is 404 g/mol. The van der Waals surface area contributed by atoms with Crippen molar-refractivity contribution in [3.63, 3.8) is 0 Å². The van der Waals surface area contributed by atoms with E-state index in [-0.39, 0.29) is 5.91 Å². The molecule has 1 unspecified atom stereocenters. The average molecular weight is 429 g/mol. The quantitative estimate of drug-likeness (QED) is 0.534. The number of aromatic nitrogens is 1. The molecule has 0 aliphatic carbocycles. The zero-order chi connectivity index (χ0) is 21.8. The van der Waals surface area contributed by atoms with E-state index in [1.165, 1.54) is 7.11 Å². The van der Waals surface area contributed by atoms with Crippen LogP contribution in [0.25, 0.3) is 0 Å². The van der Waals surface area contributed by atoms with Crippen LogP contribution < -0.4 is 10.6 Å². The first kappa shape index (κ1) is 21.5. The Bertz CT molecular complexity index is 1010. The predicted molar refractivity (Wildman–Crippen MR) is 116 cm³/mol. The Balaban J connectivity index is 2.10. The largest absolute Gasteiger partial charge is 0.465 e.